The van der Waals surface area contributed by atoms with E-state index in [1.54, 1.807) is 16.7 Å². The zero-order valence-corrected chi connectivity index (χ0v) is 19.3. The van der Waals surface area contributed by atoms with Crippen molar-refractivity contribution in [3.63, 3.8) is 0 Å². The average Bonchev–Trinajstić information content (AvgIpc) is 2.95. The molecule has 33 heavy (non-hydrogen) atoms. The third-order valence-electron chi connectivity index (χ3n) is 6.06. The molecule has 8 heteroatoms. The van der Waals surface area contributed by atoms with Crippen LogP contribution in [-0.2, 0) is 14.3 Å². The molecule has 0 bridgehead atoms. The van der Waals surface area contributed by atoms with E-state index in [1.165, 1.54) is 0 Å². The molecule has 174 valence electrons. The van der Waals surface area contributed by atoms with Crippen LogP contribution in [0.4, 0.5) is 4.79 Å². The number of benzene rings is 2. The molecule has 2 amide bonds. The first-order valence-corrected chi connectivity index (χ1v) is 12.3. The lowest BCUT2D eigenvalue weighted by molar-refractivity contribution is -0.142. The van der Waals surface area contributed by atoms with Crippen molar-refractivity contribution in [1.82, 2.24) is 10.2 Å². The molecule has 1 fully saturated rings. The van der Waals surface area contributed by atoms with E-state index >= 15 is 0 Å². The Kier molecular flexibility index (Phi) is 7.23. The minimum Gasteiger partial charge on any atom is -0.481 e. The number of amides is 2. The number of carbonyl (C=O) groups excluding carboxylic acids is 2. The van der Waals surface area contributed by atoms with Gasteiger partial charge in [-0.3, -0.25) is 9.59 Å². The number of nitrogens with one attached hydrogen (secondary N) is 1. The van der Waals surface area contributed by atoms with E-state index in [1.807, 2.05) is 36.4 Å². The summed E-state index contributed by atoms with van der Waals surface area (Å²) in [5, 5.41) is 11.8. The van der Waals surface area contributed by atoms with Crippen LogP contribution >= 0.6 is 11.8 Å². The van der Waals surface area contributed by atoms with Crippen LogP contribution in [0.25, 0.3) is 11.1 Å². The Morgan fingerprint density at radius 2 is 1.76 bits per heavy atom. The summed E-state index contributed by atoms with van der Waals surface area (Å²) in [7, 11) is 0. The second-order valence-electron chi connectivity index (χ2n) is 8.58. The fraction of sp³-hybridized carbons (Fsp3) is 0.400. The predicted octanol–water partition coefficient (Wildman–Crippen LogP) is 3.58. The van der Waals surface area contributed by atoms with E-state index in [0.717, 1.165) is 33.8 Å². The standard InChI is InChI=1S/C25H28N2O5S/c1-16-13-27(10-11-33-15-16)24(30)22(12-23(28)29)26-25(31)32-14-21-19-8-4-2-6-17(19)18-7-3-5-9-20(18)21/h2-9,16,21-22H,10-15H2,1H3,(H,26,31)(H,28,29). The van der Waals surface area contributed by atoms with Crippen LogP contribution in [-0.4, -0.2) is 65.2 Å². The Labute approximate surface area is 197 Å². The van der Waals surface area contributed by atoms with Gasteiger partial charge < -0.3 is 20.1 Å². The van der Waals surface area contributed by atoms with Gasteiger partial charge in [-0.15, -0.1) is 0 Å². The van der Waals surface area contributed by atoms with Crippen molar-refractivity contribution < 1.29 is 24.2 Å². The molecule has 0 aromatic heterocycles. The van der Waals surface area contributed by atoms with Gasteiger partial charge in [-0.1, -0.05) is 55.5 Å². The van der Waals surface area contributed by atoms with Crippen molar-refractivity contribution in [2.24, 2.45) is 5.92 Å². The highest BCUT2D eigenvalue weighted by molar-refractivity contribution is 7.99. The average molecular weight is 469 g/mol. The lowest BCUT2D eigenvalue weighted by Gasteiger charge is -2.27. The first-order valence-electron chi connectivity index (χ1n) is 11.1. The summed E-state index contributed by atoms with van der Waals surface area (Å²) in [6, 6.07) is 14.9. The van der Waals surface area contributed by atoms with Crippen LogP contribution < -0.4 is 5.32 Å². The molecule has 0 spiro atoms. The molecule has 0 saturated carbocycles. The van der Waals surface area contributed by atoms with Gasteiger partial charge in [0.1, 0.15) is 12.6 Å². The van der Waals surface area contributed by atoms with Gasteiger partial charge >= 0.3 is 12.1 Å². The number of carboxylic acid groups (broad SMARTS) is 1. The minimum atomic E-state index is -1.16. The van der Waals surface area contributed by atoms with Crippen molar-refractivity contribution in [2.75, 3.05) is 31.2 Å². The molecule has 2 aromatic rings. The van der Waals surface area contributed by atoms with Crippen LogP contribution in [0.5, 0.6) is 0 Å². The molecule has 4 rings (SSSR count). The fourth-order valence-electron chi connectivity index (χ4n) is 4.56. The van der Waals surface area contributed by atoms with E-state index in [-0.39, 0.29) is 18.4 Å². The number of hydrogen-bond donors (Lipinski definition) is 2. The van der Waals surface area contributed by atoms with E-state index in [4.69, 9.17) is 4.74 Å². The Balaban J connectivity index is 1.43. The van der Waals surface area contributed by atoms with E-state index in [0.29, 0.717) is 19.0 Å². The maximum atomic E-state index is 13.0. The zero-order valence-electron chi connectivity index (χ0n) is 18.5. The molecular weight excluding hydrogens is 440 g/mol. The molecule has 2 aliphatic rings. The third kappa shape index (κ3) is 5.33. The first-order chi connectivity index (χ1) is 15.9. The maximum absolute atomic E-state index is 13.0. The highest BCUT2D eigenvalue weighted by atomic mass is 32.2. The third-order valence-corrected chi connectivity index (χ3v) is 7.34. The van der Waals surface area contributed by atoms with Crippen LogP contribution in [0.3, 0.4) is 0 Å². The number of carbonyl (C=O) groups is 3. The van der Waals surface area contributed by atoms with E-state index in [2.05, 4.69) is 24.4 Å². The number of carboxylic acids is 1. The molecule has 2 N–H and O–H groups in total. The van der Waals surface area contributed by atoms with E-state index < -0.39 is 24.5 Å². The Hall–Kier alpha value is -3.00. The zero-order chi connectivity index (χ0) is 23.4. The summed E-state index contributed by atoms with van der Waals surface area (Å²) in [6.07, 6.45) is -1.27. The van der Waals surface area contributed by atoms with Gasteiger partial charge in [0.15, 0.2) is 0 Å². The highest BCUT2D eigenvalue weighted by Crippen LogP contribution is 2.44. The summed E-state index contributed by atoms with van der Waals surface area (Å²) in [6.45, 7) is 3.25. The second kappa shape index (κ2) is 10.3. The molecule has 2 aromatic carbocycles. The number of rotatable bonds is 6. The van der Waals surface area contributed by atoms with Gasteiger partial charge in [-0.05, 0) is 33.9 Å². The van der Waals surface area contributed by atoms with E-state index in [9.17, 15) is 19.5 Å². The Bertz CT molecular complexity index is 997. The van der Waals surface area contributed by atoms with Crippen molar-refractivity contribution in [3.8, 4) is 11.1 Å². The summed E-state index contributed by atoms with van der Waals surface area (Å²) in [5.41, 5.74) is 4.41. The first kappa shape index (κ1) is 23.2. The Morgan fingerprint density at radius 1 is 1.12 bits per heavy atom. The predicted molar refractivity (Wildman–Crippen MR) is 127 cm³/mol. The van der Waals surface area contributed by atoms with Gasteiger partial charge in [-0.25, -0.2) is 4.79 Å². The van der Waals surface area contributed by atoms with Crippen molar-refractivity contribution in [2.45, 2.75) is 25.3 Å². The number of ether oxygens (including phenoxy) is 1. The number of thioether (sulfide) groups is 1. The van der Waals surface area contributed by atoms with Gasteiger partial charge in [0.2, 0.25) is 5.91 Å². The number of nitrogens with zero attached hydrogens (tertiary/aromatic N) is 1. The molecule has 2 atom stereocenters. The molecule has 1 aliphatic carbocycles. The summed E-state index contributed by atoms with van der Waals surface area (Å²) in [4.78, 5) is 38.7. The lowest BCUT2D eigenvalue weighted by Crippen LogP contribution is -2.51. The van der Waals surface area contributed by atoms with Gasteiger partial charge in [-0.2, -0.15) is 11.8 Å². The quantitative estimate of drug-likeness (QED) is 0.673. The molecule has 1 saturated heterocycles. The van der Waals surface area contributed by atoms with Crippen molar-refractivity contribution >= 4 is 29.7 Å². The Morgan fingerprint density at radius 3 is 2.39 bits per heavy atom. The van der Waals surface area contributed by atoms with Crippen LogP contribution in [0, 0.1) is 5.92 Å². The van der Waals surface area contributed by atoms with Gasteiger partial charge in [0.05, 0.1) is 6.42 Å². The smallest absolute Gasteiger partial charge is 0.407 e. The molecule has 7 nitrogen and oxygen atoms in total. The van der Waals surface area contributed by atoms with Crippen molar-refractivity contribution in [1.29, 1.82) is 0 Å². The topological polar surface area (TPSA) is 95.9 Å². The number of fused-ring (bicyclic) bond motifs is 3. The fourth-order valence-corrected chi connectivity index (χ4v) is 5.58. The summed E-state index contributed by atoms with van der Waals surface area (Å²) >= 11 is 1.77. The molecular formula is C25H28N2O5S. The maximum Gasteiger partial charge on any atom is 0.407 e. The summed E-state index contributed by atoms with van der Waals surface area (Å²) < 4.78 is 5.52. The molecule has 2 unspecified atom stereocenters. The largest absolute Gasteiger partial charge is 0.481 e. The molecule has 0 radical (unpaired) electrons. The molecule has 1 aliphatic heterocycles. The number of hydrogen-bond acceptors (Lipinski definition) is 5. The van der Waals surface area contributed by atoms with Crippen LogP contribution in [0.15, 0.2) is 48.5 Å². The van der Waals surface area contributed by atoms with Gasteiger partial charge in [0, 0.05) is 24.8 Å². The normalized spacial score (nSPS) is 18.6. The lowest BCUT2D eigenvalue weighted by atomic mass is 9.98. The number of aliphatic carboxylic acids is 1. The van der Waals surface area contributed by atoms with Gasteiger partial charge in [0.25, 0.3) is 0 Å². The van der Waals surface area contributed by atoms with Crippen LogP contribution in [0.1, 0.15) is 30.4 Å². The second-order valence-corrected chi connectivity index (χ2v) is 9.73. The minimum absolute atomic E-state index is 0.102. The molecule has 1 heterocycles. The van der Waals surface area contributed by atoms with Crippen LogP contribution in [0.2, 0.25) is 0 Å². The summed E-state index contributed by atoms with van der Waals surface area (Å²) in [5.74, 6) is 0.417. The number of alkyl carbamates (subject to hydrolysis) is 1. The monoisotopic (exact) mass is 468 g/mol. The SMILES string of the molecule is CC1CSCCN(C(=O)C(CC(=O)O)NC(=O)OCC2c3ccccc3-c3ccccc32)C1. The van der Waals surface area contributed by atoms with Crippen molar-refractivity contribution in [3.05, 3.63) is 59.7 Å². The highest BCUT2D eigenvalue weighted by Gasteiger charge is 2.32.